The molecule has 112 valence electrons. The van der Waals surface area contributed by atoms with Gasteiger partial charge in [-0.3, -0.25) is 0 Å². The molecule has 2 heterocycles. The summed E-state index contributed by atoms with van der Waals surface area (Å²) in [5.41, 5.74) is -1.63. The summed E-state index contributed by atoms with van der Waals surface area (Å²) >= 11 is 5.88. The highest BCUT2D eigenvalue weighted by molar-refractivity contribution is 6.32. The molecule has 2 aromatic heterocycles. The minimum atomic E-state index is -4.70. The molecule has 0 unspecified atom stereocenters. The molecule has 0 aliphatic heterocycles. The lowest BCUT2D eigenvalue weighted by atomic mass is 10.3. The highest BCUT2D eigenvalue weighted by Crippen LogP contribution is 2.30. The summed E-state index contributed by atoms with van der Waals surface area (Å²) < 4.78 is 43.7. The molecule has 21 heavy (non-hydrogen) atoms. The van der Waals surface area contributed by atoms with E-state index in [-0.39, 0.29) is 17.4 Å². The third-order valence-electron chi connectivity index (χ3n) is 2.42. The van der Waals surface area contributed by atoms with E-state index in [1.165, 1.54) is 25.3 Å². The number of rotatable bonds is 3. The van der Waals surface area contributed by atoms with Crippen molar-refractivity contribution in [2.75, 3.05) is 6.61 Å². The van der Waals surface area contributed by atoms with Crippen LogP contribution in [0.5, 0.6) is 0 Å². The Kier molecular flexibility index (Phi) is 4.17. The number of esters is 1. The molecule has 0 aliphatic rings. The molecule has 0 bridgehead atoms. The second kappa shape index (κ2) is 5.72. The lowest BCUT2D eigenvalue weighted by Gasteiger charge is -2.07. The SMILES string of the molecule is CCOC(=O)c1cc(C(F)(F)F)nn1-c1ncccc1Cl. The van der Waals surface area contributed by atoms with Gasteiger partial charge in [0.2, 0.25) is 0 Å². The number of hydrogen-bond acceptors (Lipinski definition) is 4. The van der Waals surface area contributed by atoms with Gasteiger partial charge in [0.15, 0.2) is 17.2 Å². The van der Waals surface area contributed by atoms with Crippen molar-refractivity contribution in [1.82, 2.24) is 14.8 Å². The van der Waals surface area contributed by atoms with Crippen LogP contribution in [0.15, 0.2) is 24.4 Å². The number of hydrogen-bond donors (Lipinski definition) is 0. The molecule has 0 fully saturated rings. The van der Waals surface area contributed by atoms with Crippen molar-refractivity contribution in [3.63, 3.8) is 0 Å². The number of carbonyl (C=O) groups is 1. The van der Waals surface area contributed by atoms with Crippen molar-refractivity contribution >= 4 is 17.6 Å². The van der Waals surface area contributed by atoms with E-state index in [0.717, 1.165) is 4.68 Å². The lowest BCUT2D eigenvalue weighted by Crippen LogP contribution is -2.13. The Morgan fingerprint density at radius 3 is 2.76 bits per heavy atom. The Balaban J connectivity index is 2.61. The lowest BCUT2D eigenvalue weighted by molar-refractivity contribution is -0.141. The summed E-state index contributed by atoms with van der Waals surface area (Å²) in [5.74, 6) is -1.03. The average molecular weight is 320 g/mol. The molecule has 0 spiro atoms. The van der Waals surface area contributed by atoms with Crippen LogP contribution in [0, 0.1) is 0 Å². The second-order valence-electron chi connectivity index (χ2n) is 3.85. The molecule has 2 aromatic rings. The zero-order valence-electron chi connectivity index (χ0n) is 10.7. The fourth-order valence-electron chi connectivity index (χ4n) is 1.56. The largest absolute Gasteiger partial charge is 0.461 e. The topological polar surface area (TPSA) is 57.0 Å². The molecule has 0 N–H and O–H groups in total. The third-order valence-corrected chi connectivity index (χ3v) is 2.72. The van der Waals surface area contributed by atoms with Crippen LogP contribution in [0.4, 0.5) is 13.2 Å². The Morgan fingerprint density at radius 1 is 1.48 bits per heavy atom. The van der Waals surface area contributed by atoms with Crippen molar-refractivity contribution in [3.8, 4) is 5.82 Å². The maximum Gasteiger partial charge on any atom is 0.435 e. The summed E-state index contributed by atoms with van der Waals surface area (Å²) in [6, 6.07) is 3.53. The molecule has 0 saturated carbocycles. The molecule has 9 heteroatoms. The average Bonchev–Trinajstić information content (AvgIpc) is 2.84. The van der Waals surface area contributed by atoms with Crippen LogP contribution >= 0.6 is 11.6 Å². The summed E-state index contributed by atoms with van der Waals surface area (Å²) in [5, 5.41) is 3.42. The third kappa shape index (κ3) is 3.15. The number of halogens is 4. The maximum absolute atomic E-state index is 12.8. The van der Waals surface area contributed by atoms with Gasteiger partial charge in [0.25, 0.3) is 0 Å². The maximum atomic E-state index is 12.8. The summed E-state index contributed by atoms with van der Waals surface area (Å²) in [7, 11) is 0. The zero-order valence-corrected chi connectivity index (χ0v) is 11.4. The molecule has 0 amide bonds. The summed E-state index contributed by atoms with van der Waals surface area (Å²) in [4.78, 5) is 15.6. The van der Waals surface area contributed by atoms with Gasteiger partial charge in [-0.25, -0.2) is 14.5 Å². The normalized spacial score (nSPS) is 11.5. The molecule has 0 aromatic carbocycles. The van der Waals surface area contributed by atoms with Crippen LogP contribution in [0.1, 0.15) is 23.1 Å². The highest BCUT2D eigenvalue weighted by atomic mass is 35.5. The molecule has 5 nitrogen and oxygen atoms in total. The Labute approximate surface area is 122 Å². The predicted octanol–water partition coefficient (Wildman–Crippen LogP) is 3.12. The molecular weight excluding hydrogens is 311 g/mol. The van der Waals surface area contributed by atoms with Crippen molar-refractivity contribution in [1.29, 1.82) is 0 Å². The van der Waals surface area contributed by atoms with Gasteiger partial charge in [-0.05, 0) is 19.1 Å². The smallest absolute Gasteiger partial charge is 0.435 e. The minimum absolute atomic E-state index is 0.0152. The van der Waals surface area contributed by atoms with Crippen LogP contribution in [-0.2, 0) is 10.9 Å². The van der Waals surface area contributed by atoms with Gasteiger partial charge in [-0.1, -0.05) is 11.6 Å². The first-order valence-corrected chi connectivity index (χ1v) is 6.17. The minimum Gasteiger partial charge on any atom is -0.461 e. The molecule has 0 saturated heterocycles. The van der Waals surface area contributed by atoms with Crippen molar-refractivity contribution in [2.24, 2.45) is 0 Å². The standard InChI is InChI=1S/C12H9ClF3N3O2/c1-2-21-11(20)8-6-9(12(14,15)16)18-19(8)10-7(13)4-3-5-17-10/h3-6H,2H2,1H3. The molecule has 0 radical (unpaired) electrons. The van der Waals surface area contributed by atoms with E-state index in [2.05, 4.69) is 10.1 Å². The van der Waals surface area contributed by atoms with E-state index in [9.17, 15) is 18.0 Å². The van der Waals surface area contributed by atoms with Gasteiger partial charge in [-0.15, -0.1) is 0 Å². The van der Waals surface area contributed by atoms with Gasteiger partial charge in [-0.2, -0.15) is 18.3 Å². The van der Waals surface area contributed by atoms with E-state index in [4.69, 9.17) is 16.3 Å². The predicted molar refractivity (Wildman–Crippen MR) is 67.3 cm³/mol. The van der Waals surface area contributed by atoms with Gasteiger partial charge in [0, 0.05) is 12.3 Å². The fraction of sp³-hybridized carbons (Fsp3) is 0.250. The van der Waals surface area contributed by atoms with Crippen LogP contribution in [0.2, 0.25) is 5.02 Å². The van der Waals surface area contributed by atoms with Crippen LogP contribution in [0.25, 0.3) is 5.82 Å². The van der Waals surface area contributed by atoms with Crippen LogP contribution < -0.4 is 0 Å². The van der Waals surface area contributed by atoms with Gasteiger partial charge in [0.1, 0.15) is 0 Å². The van der Waals surface area contributed by atoms with Crippen molar-refractivity contribution < 1.29 is 22.7 Å². The van der Waals surface area contributed by atoms with Crippen molar-refractivity contribution in [2.45, 2.75) is 13.1 Å². The number of aromatic nitrogens is 3. The number of carbonyl (C=O) groups excluding carboxylic acids is 1. The van der Waals surface area contributed by atoms with E-state index in [0.29, 0.717) is 6.07 Å². The molecule has 2 rings (SSSR count). The van der Waals surface area contributed by atoms with E-state index in [1.807, 2.05) is 0 Å². The first-order chi connectivity index (χ1) is 9.84. The number of ether oxygens (including phenoxy) is 1. The first-order valence-electron chi connectivity index (χ1n) is 5.80. The monoisotopic (exact) mass is 319 g/mol. The van der Waals surface area contributed by atoms with Gasteiger partial charge >= 0.3 is 12.1 Å². The molecule has 0 atom stereocenters. The Hall–Kier alpha value is -2.09. The zero-order chi connectivity index (χ0) is 15.6. The van der Waals surface area contributed by atoms with Crippen molar-refractivity contribution in [3.05, 3.63) is 40.8 Å². The summed E-state index contributed by atoms with van der Waals surface area (Å²) in [6.07, 6.45) is -3.38. The van der Waals surface area contributed by atoms with Gasteiger partial charge in [0.05, 0.1) is 11.6 Å². The van der Waals surface area contributed by atoms with Crippen LogP contribution in [0.3, 0.4) is 0 Å². The second-order valence-corrected chi connectivity index (χ2v) is 4.26. The number of pyridine rings is 1. The quantitative estimate of drug-likeness (QED) is 0.816. The van der Waals surface area contributed by atoms with E-state index >= 15 is 0 Å². The first kappa shape index (κ1) is 15.3. The molecular formula is C12H9ClF3N3O2. The van der Waals surface area contributed by atoms with Gasteiger partial charge < -0.3 is 4.74 Å². The highest BCUT2D eigenvalue weighted by Gasteiger charge is 2.36. The van der Waals surface area contributed by atoms with Crippen LogP contribution in [-0.4, -0.2) is 27.3 Å². The number of alkyl halides is 3. The van der Waals surface area contributed by atoms with E-state index < -0.39 is 23.5 Å². The Bertz CT molecular complexity index is 670. The summed E-state index contributed by atoms with van der Waals surface area (Å²) in [6.45, 7) is 1.55. The van der Waals surface area contributed by atoms with E-state index in [1.54, 1.807) is 0 Å². The fourth-order valence-corrected chi connectivity index (χ4v) is 1.77. The number of nitrogens with zero attached hydrogens (tertiary/aromatic N) is 3. The Morgan fingerprint density at radius 2 is 2.19 bits per heavy atom. The molecule has 0 aliphatic carbocycles.